The molecule has 0 aromatic carbocycles. The summed E-state index contributed by atoms with van der Waals surface area (Å²) in [7, 11) is 0. The Morgan fingerprint density at radius 1 is 1.23 bits per heavy atom. The number of nitrogens with zero attached hydrogens (tertiary/aromatic N) is 5. The molecule has 0 fully saturated rings. The van der Waals surface area contributed by atoms with Crippen LogP contribution in [-0.4, -0.2) is 30.0 Å². The highest BCUT2D eigenvalue weighted by Crippen LogP contribution is 2.19. The number of thiazole rings is 1. The van der Waals surface area contributed by atoms with Crippen molar-refractivity contribution in [1.29, 1.82) is 0 Å². The number of hydrogen-bond acceptors (Lipinski definition) is 5. The minimum atomic E-state index is -0.190. The molecule has 0 bridgehead atoms. The normalized spacial score (nSPS) is 11.4. The van der Waals surface area contributed by atoms with Crippen molar-refractivity contribution in [3.05, 3.63) is 83.4 Å². The van der Waals surface area contributed by atoms with Gasteiger partial charge in [-0.25, -0.2) is 9.97 Å². The second-order valence-corrected chi connectivity index (χ2v) is 7.95. The maximum absolute atomic E-state index is 12.7. The summed E-state index contributed by atoms with van der Waals surface area (Å²) in [5.74, 6) is -0.190. The first kappa shape index (κ1) is 19.8. The van der Waals surface area contributed by atoms with Crippen LogP contribution in [0.2, 0.25) is 0 Å². The van der Waals surface area contributed by atoms with Gasteiger partial charge in [0, 0.05) is 42.8 Å². The fourth-order valence-corrected chi connectivity index (χ4v) is 3.59. The summed E-state index contributed by atoms with van der Waals surface area (Å²) in [6.07, 6.45) is 13.0. The third kappa shape index (κ3) is 4.72. The molecule has 0 radical (unpaired) electrons. The number of carbonyl (C=O) groups excluding carboxylic acids is 1. The predicted molar refractivity (Wildman–Crippen MR) is 119 cm³/mol. The Labute approximate surface area is 178 Å². The number of pyridine rings is 1. The zero-order valence-electron chi connectivity index (χ0n) is 16.8. The minimum absolute atomic E-state index is 0.190. The molecule has 1 N–H and O–H groups in total. The van der Waals surface area contributed by atoms with E-state index >= 15 is 0 Å². The molecule has 152 valence electrons. The van der Waals surface area contributed by atoms with Gasteiger partial charge in [-0.1, -0.05) is 6.07 Å². The van der Waals surface area contributed by atoms with Crippen LogP contribution in [-0.2, 0) is 6.54 Å². The summed E-state index contributed by atoms with van der Waals surface area (Å²) < 4.78 is 3.94. The van der Waals surface area contributed by atoms with Crippen LogP contribution < -0.4 is 5.32 Å². The average Bonchev–Trinajstić information content (AvgIpc) is 3.48. The second kappa shape index (κ2) is 8.87. The van der Waals surface area contributed by atoms with Crippen LogP contribution in [0.4, 0.5) is 5.13 Å². The van der Waals surface area contributed by atoms with Crippen molar-refractivity contribution in [2.45, 2.75) is 26.4 Å². The van der Waals surface area contributed by atoms with Gasteiger partial charge >= 0.3 is 0 Å². The van der Waals surface area contributed by atoms with E-state index in [-0.39, 0.29) is 5.91 Å². The van der Waals surface area contributed by atoms with Crippen LogP contribution >= 0.6 is 11.3 Å². The van der Waals surface area contributed by atoms with Crippen molar-refractivity contribution in [3.8, 4) is 0 Å². The molecule has 0 atom stereocenters. The Hall–Kier alpha value is -3.52. The van der Waals surface area contributed by atoms with Crippen LogP contribution in [0, 0.1) is 0 Å². The van der Waals surface area contributed by atoms with Crippen molar-refractivity contribution < 1.29 is 4.79 Å². The van der Waals surface area contributed by atoms with Crippen molar-refractivity contribution >= 4 is 34.5 Å². The Balaban J connectivity index is 1.41. The Morgan fingerprint density at radius 2 is 2.10 bits per heavy atom. The first-order chi connectivity index (χ1) is 14.6. The van der Waals surface area contributed by atoms with Crippen molar-refractivity contribution in [2.75, 3.05) is 5.32 Å². The molecule has 0 saturated heterocycles. The van der Waals surface area contributed by atoms with Crippen LogP contribution in [0.5, 0.6) is 0 Å². The highest BCUT2D eigenvalue weighted by atomic mass is 32.1. The number of carbonyl (C=O) groups is 1. The molecule has 0 saturated carbocycles. The molecule has 0 unspecified atom stereocenters. The number of rotatable bonds is 7. The van der Waals surface area contributed by atoms with Crippen molar-refractivity contribution in [2.24, 2.45) is 0 Å². The molecule has 8 heteroatoms. The van der Waals surface area contributed by atoms with E-state index in [1.807, 2.05) is 63.6 Å². The Morgan fingerprint density at radius 3 is 2.87 bits per heavy atom. The Bertz CT molecular complexity index is 1160. The SMILES string of the molecule is CC(C)n1cnc(/C=C/c2csc(NC(=O)c3cccn3Cc3cccnc3)n2)c1. The highest BCUT2D eigenvalue weighted by Gasteiger charge is 2.13. The third-order valence-corrected chi connectivity index (χ3v) is 5.30. The number of aromatic nitrogens is 5. The van der Waals surface area contributed by atoms with Gasteiger partial charge in [-0.05, 0) is 49.8 Å². The van der Waals surface area contributed by atoms with E-state index in [2.05, 4.69) is 34.1 Å². The van der Waals surface area contributed by atoms with Gasteiger partial charge in [0.2, 0.25) is 0 Å². The van der Waals surface area contributed by atoms with E-state index in [0.29, 0.717) is 23.4 Å². The smallest absolute Gasteiger partial charge is 0.274 e. The number of amides is 1. The molecule has 0 aliphatic carbocycles. The summed E-state index contributed by atoms with van der Waals surface area (Å²) in [5, 5.41) is 5.35. The fourth-order valence-electron chi connectivity index (χ4n) is 2.92. The van der Waals surface area contributed by atoms with Crippen LogP contribution in [0.3, 0.4) is 0 Å². The quantitative estimate of drug-likeness (QED) is 0.476. The van der Waals surface area contributed by atoms with E-state index in [1.165, 1.54) is 11.3 Å². The van der Waals surface area contributed by atoms with Crippen LogP contribution in [0.25, 0.3) is 12.2 Å². The lowest BCUT2D eigenvalue weighted by molar-refractivity contribution is 0.101. The minimum Gasteiger partial charge on any atom is -0.339 e. The van der Waals surface area contributed by atoms with Gasteiger partial charge in [-0.2, -0.15) is 0 Å². The molecule has 30 heavy (non-hydrogen) atoms. The lowest BCUT2D eigenvalue weighted by Gasteiger charge is -2.08. The molecular formula is C22H22N6OS. The molecule has 0 aliphatic heterocycles. The molecule has 4 aromatic heterocycles. The molecule has 7 nitrogen and oxygen atoms in total. The lowest BCUT2D eigenvalue weighted by Crippen LogP contribution is -2.17. The maximum atomic E-state index is 12.7. The van der Waals surface area contributed by atoms with Gasteiger partial charge in [0.15, 0.2) is 5.13 Å². The highest BCUT2D eigenvalue weighted by molar-refractivity contribution is 7.14. The zero-order valence-corrected chi connectivity index (χ0v) is 17.6. The Kier molecular flexibility index (Phi) is 5.85. The predicted octanol–water partition coefficient (Wildman–Crippen LogP) is 4.59. The summed E-state index contributed by atoms with van der Waals surface area (Å²) in [6, 6.07) is 7.90. The summed E-state index contributed by atoms with van der Waals surface area (Å²) >= 11 is 1.39. The van der Waals surface area contributed by atoms with Gasteiger partial charge in [-0.3, -0.25) is 15.1 Å². The summed E-state index contributed by atoms with van der Waals surface area (Å²) in [6.45, 7) is 4.80. The van der Waals surface area contributed by atoms with Gasteiger partial charge in [-0.15, -0.1) is 11.3 Å². The van der Waals surface area contributed by atoms with Gasteiger partial charge < -0.3 is 9.13 Å². The van der Waals surface area contributed by atoms with Crippen molar-refractivity contribution in [3.63, 3.8) is 0 Å². The van der Waals surface area contributed by atoms with E-state index < -0.39 is 0 Å². The van der Waals surface area contributed by atoms with Crippen LogP contribution in [0.15, 0.2) is 60.8 Å². The molecule has 4 rings (SSSR count). The molecule has 4 aromatic rings. The topological polar surface area (TPSA) is 77.6 Å². The fraction of sp³-hybridized carbons (Fsp3) is 0.182. The zero-order chi connectivity index (χ0) is 20.9. The van der Waals surface area contributed by atoms with E-state index in [4.69, 9.17) is 0 Å². The van der Waals surface area contributed by atoms with E-state index in [1.54, 1.807) is 18.5 Å². The molecule has 1 amide bonds. The average molecular weight is 419 g/mol. The second-order valence-electron chi connectivity index (χ2n) is 7.09. The summed E-state index contributed by atoms with van der Waals surface area (Å²) in [4.78, 5) is 25.7. The molecule has 0 aliphatic rings. The van der Waals surface area contributed by atoms with Gasteiger partial charge in [0.25, 0.3) is 5.91 Å². The van der Waals surface area contributed by atoms with Gasteiger partial charge in [0.05, 0.1) is 17.7 Å². The van der Waals surface area contributed by atoms with Crippen LogP contribution in [0.1, 0.15) is 47.3 Å². The number of imidazole rings is 1. The summed E-state index contributed by atoms with van der Waals surface area (Å²) in [5.41, 5.74) is 3.25. The van der Waals surface area contributed by atoms with Crippen molar-refractivity contribution in [1.82, 2.24) is 24.1 Å². The number of anilines is 1. The number of nitrogens with one attached hydrogen (secondary N) is 1. The lowest BCUT2D eigenvalue weighted by atomic mass is 10.3. The monoisotopic (exact) mass is 418 g/mol. The van der Waals surface area contributed by atoms with E-state index in [0.717, 1.165) is 17.0 Å². The van der Waals surface area contributed by atoms with Gasteiger partial charge in [0.1, 0.15) is 5.69 Å². The molecular weight excluding hydrogens is 396 g/mol. The first-order valence-electron chi connectivity index (χ1n) is 9.61. The molecule has 4 heterocycles. The third-order valence-electron chi connectivity index (χ3n) is 4.52. The molecule has 0 spiro atoms. The largest absolute Gasteiger partial charge is 0.339 e. The standard InChI is InChI=1S/C22H22N6OS/c1-16(2)28-13-18(24-15-28)7-8-19-14-30-22(25-19)26-21(29)20-6-4-10-27(20)12-17-5-3-9-23-11-17/h3-11,13-16H,12H2,1-2H3,(H,25,26,29)/b8-7+. The first-order valence-corrected chi connectivity index (χ1v) is 10.5. The number of hydrogen-bond donors (Lipinski definition) is 1. The van der Waals surface area contributed by atoms with E-state index in [9.17, 15) is 4.79 Å². The maximum Gasteiger partial charge on any atom is 0.274 e.